The van der Waals surface area contributed by atoms with Crippen molar-refractivity contribution in [3.63, 3.8) is 0 Å². The molecule has 12 saturated carbocycles. The maximum atomic E-state index is 13.9. The van der Waals surface area contributed by atoms with Gasteiger partial charge >= 0.3 is 114 Å². The average Bonchev–Trinajstić information content (AvgIpc) is 1.50. The van der Waals surface area contributed by atoms with Crippen molar-refractivity contribution in [2.24, 2.45) is 88.8 Å². The van der Waals surface area contributed by atoms with Gasteiger partial charge in [0.15, 0.2) is 0 Å². The van der Waals surface area contributed by atoms with Crippen molar-refractivity contribution in [3.8, 4) is 0 Å². The number of benzene rings is 2. The van der Waals surface area contributed by atoms with Crippen LogP contribution < -0.4 is 9.80 Å². The molecule has 0 spiro atoms. The van der Waals surface area contributed by atoms with Gasteiger partial charge in [-0.1, -0.05) is 213 Å². The Hall–Kier alpha value is 2.97. The summed E-state index contributed by atoms with van der Waals surface area (Å²) in [4.78, 5) is 9.12. The molecule has 3 heterocycles. The molecule has 12 aliphatic carbocycles. The van der Waals surface area contributed by atoms with E-state index in [1.165, 1.54) is 165 Å². The molecular weight excluding hydrogens is 1720 g/mol. The second-order valence-corrected chi connectivity index (χ2v) is 65.9. The Labute approximate surface area is 721 Å². The second kappa shape index (κ2) is 44.0. The normalized spacial score (nSPS) is 37.8. The summed E-state index contributed by atoms with van der Waals surface area (Å²) in [5.41, 5.74) is 10.9. The Bertz CT molecular complexity index is 2740. The van der Waals surface area contributed by atoms with Crippen LogP contribution in [-0.2, 0) is 62.5 Å². The second-order valence-electron chi connectivity index (χ2n) is 39.4. The molecule has 16 heteroatoms. The van der Waals surface area contributed by atoms with Crippen LogP contribution in [-0.4, -0.2) is 71.4 Å². The molecule has 608 valence electrons. The Morgan fingerprint density at radius 2 is 0.598 bits per heavy atom. The quantitative estimate of drug-likeness (QED) is 0.183. The number of halogens is 7. The van der Waals surface area contributed by atoms with E-state index in [1.807, 2.05) is 0 Å². The van der Waals surface area contributed by atoms with E-state index >= 15 is 0 Å². The number of fused-ring (bicyclic) bond motifs is 15. The first-order valence-electron chi connectivity index (χ1n) is 42.6. The first-order chi connectivity index (χ1) is 48.6. The van der Waals surface area contributed by atoms with E-state index in [4.69, 9.17) is 51.1 Å². The first-order valence-corrected chi connectivity index (χ1v) is 71.1. The predicted molar refractivity (Wildman–Crippen MR) is 473 cm³/mol. The van der Waals surface area contributed by atoms with Crippen LogP contribution >= 0.6 is 51.1 Å². The summed E-state index contributed by atoms with van der Waals surface area (Å²) in [7, 11) is 25.7. The van der Waals surface area contributed by atoms with Gasteiger partial charge in [-0.2, -0.15) is 0 Å². The van der Waals surface area contributed by atoms with Gasteiger partial charge in [-0.25, -0.2) is 4.39 Å². The maximum absolute atomic E-state index is 13.9. The minimum absolute atomic E-state index is 0. The summed E-state index contributed by atoms with van der Waals surface area (Å²) in [6.45, 7) is 32.1. The molecule has 0 aromatic heterocycles. The molecule has 0 bridgehead atoms. The molecule has 3 nitrogen and oxygen atoms in total. The number of rotatable bonds is 9. The molecule has 15 fully saturated rings. The molecule has 107 heavy (non-hydrogen) atoms. The Morgan fingerprint density at radius 3 is 0.907 bits per heavy atom. The molecular formula is C91H156Cl6FN3Si3Zr3. The Morgan fingerprint density at radius 1 is 0.346 bits per heavy atom. The Kier molecular flexibility index (Phi) is 40.6. The van der Waals surface area contributed by atoms with Crippen molar-refractivity contribution < 1.29 is 66.9 Å². The molecule has 0 radical (unpaired) electrons. The van der Waals surface area contributed by atoms with Crippen LogP contribution in [0.3, 0.4) is 0 Å². The van der Waals surface area contributed by atoms with Gasteiger partial charge in [-0.3, -0.25) is 4.90 Å². The molecule has 15 aliphatic rings. The van der Waals surface area contributed by atoms with Crippen LogP contribution in [0.4, 0.5) is 15.8 Å². The van der Waals surface area contributed by atoms with Crippen LogP contribution in [0.5, 0.6) is 0 Å². The van der Waals surface area contributed by atoms with Crippen molar-refractivity contribution in [3.05, 3.63) is 104 Å². The first kappa shape index (κ1) is 98.8. The zero-order valence-electron chi connectivity index (χ0n) is 71.1. The molecule has 3 aliphatic heterocycles. The van der Waals surface area contributed by atoms with E-state index in [-0.39, 0.29) is 50.4 Å². The molecule has 17 rings (SSSR count). The van der Waals surface area contributed by atoms with E-state index in [1.54, 1.807) is 75.6 Å². The summed E-state index contributed by atoms with van der Waals surface area (Å²) in [5.74, 6) is 14.6. The van der Waals surface area contributed by atoms with Crippen LogP contribution in [0.1, 0.15) is 252 Å². The topological polar surface area (TPSA) is 9.72 Å². The summed E-state index contributed by atoms with van der Waals surface area (Å²) >= 11 is -2.48. The van der Waals surface area contributed by atoms with Crippen LogP contribution in [0.2, 0.25) is 72.5 Å². The summed E-state index contributed by atoms with van der Waals surface area (Å²) in [6, 6.07) is 23.1. The number of nitrogens with zero attached hydrogens (tertiary/aromatic N) is 3. The van der Waals surface area contributed by atoms with E-state index in [2.05, 4.69) is 132 Å². The molecule has 24 unspecified atom stereocenters. The SMILES string of the molecule is CC1CCC2C(C1)C1C(C3CCCCC3C1[Si](C)(C)C1CCCC1)N2C(C)C.CC1CCC2C(C1)C1C(C3CCCCC3C1[Si](C)(C)C1CCCC1)N2c1ccc(F)cc1.Cc1ccc(N2C3CCC(C)CC3C3C2C2CCCCC2C3[Si](C)(C)C2CCCC2)cc1.[CH3-].[CH3-].[CH3-].[CH3-].[CH3-].[CH3-].[Cl][Zr+2][Cl].[Cl][Zr+2][Cl].[Cl][Zr+2][Cl]. The summed E-state index contributed by atoms with van der Waals surface area (Å²) in [5, 5.41) is 0. The fourth-order valence-corrected chi connectivity index (χ4v) is 46.4. The van der Waals surface area contributed by atoms with Crippen molar-refractivity contribution in [2.45, 2.75) is 368 Å². The third-order valence-electron chi connectivity index (χ3n) is 33.5. The minimum atomic E-state index is -1.36. The molecule has 2 aromatic rings. The van der Waals surface area contributed by atoms with Gasteiger partial charge in [0.2, 0.25) is 0 Å². The van der Waals surface area contributed by atoms with E-state index < -0.39 is 86.8 Å². The molecule has 2 aromatic carbocycles. The predicted octanol–water partition coefficient (Wildman–Crippen LogP) is 30.9. The number of hydrogen-bond acceptors (Lipinski definition) is 3. The molecule has 24 atom stereocenters. The van der Waals surface area contributed by atoms with E-state index in [0.29, 0.717) is 6.04 Å². The van der Waals surface area contributed by atoms with Gasteiger partial charge in [-0.15, -0.1) is 0 Å². The molecule has 0 N–H and O–H groups in total. The van der Waals surface area contributed by atoms with Crippen LogP contribution in [0, 0.1) is 146 Å². The zero-order valence-corrected chi connectivity index (χ0v) is 86.0. The van der Waals surface area contributed by atoms with E-state index in [0.717, 1.165) is 158 Å². The van der Waals surface area contributed by atoms with Gasteiger partial charge in [0.05, 0.1) is 24.2 Å². The average molecular weight is 1880 g/mol. The zero-order chi connectivity index (χ0) is 71.8. The number of hydrogen-bond donors (Lipinski definition) is 0. The van der Waals surface area contributed by atoms with Gasteiger partial charge in [0, 0.05) is 53.7 Å². The van der Waals surface area contributed by atoms with Crippen molar-refractivity contribution in [1.82, 2.24) is 4.90 Å². The van der Waals surface area contributed by atoms with Gasteiger partial charge in [0.1, 0.15) is 5.82 Å². The number of aryl methyl sites for hydroxylation is 1. The van der Waals surface area contributed by atoms with Crippen molar-refractivity contribution >= 4 is 86.7 Å². The summed E-state index contributed by atoms with van der Waals surface area (Å²) < 4.78 is 13.9. The number of likely N-dealkylation sites (tertiary alicyclic amines) is 1. The Balaban J connectivity index is 0.000000232. The van der Waals surface area contributed by atoms with Gasteiger partial charge < -0.3 is 54.4 Å². The molecule has 3 saturated heterocycles. The van der Waals surface area contributed by atoms with Crippen molar-refractivity contribution in [1.29, 1.82) is 0 Å². The van der Waals surface area contributed by atoms with Crippen LogP contribution in [0.15, 0.2) is 48.5 Å². The van der Waals surface area contributed by atoms with Gasteiger partial charge in [0.25, 0.3) is 0 Å². The monoisotopic (exact) mass is 1870 g/mol. The number of anilines is 2. The fraction of sp³-hybridized carbons (Fsp3) is 0.802. The molecule has 0 amide bonds. The van der Waals surface area contributed by atoms with Crippen molar-refractivity contribution in [2.75, 3.05) is 9.80 Å². The standard InChI is InChI=1S/C30H47NSi.C29H44FNSi.C26H47NSi.6CH3.6ClH.3Zr/c1-20-13-16-22(17-14-20)31-27-18-15-21(2)19-26(27)28-29(31)24-11-7-8-12-25(24)30(28)32(3,4)23-9-5-6-10-23;1-19-12-17-26-25(18-19)27-28(31(26)21-15-13-20(30)14-16-21)23-10-6-7-11-24(23)29(27)32(2,3)22-8-4-5-9-22;1-17(2)27-23-15-14-18(3)16-22(23)24-25(27)20-12-8-9-13-21(20)26(24)28(4,5)19-10-6-7-11-19;;;;;;;;;;;;;;;/h13-14,16-17,21,23-30H,5-12,15,18-19H2,1-4H3;13-16,19,22-29H,4-12,17-18H2,1-3H3;17-26H,6-16H2,1-5H3;6*1H3;6*1H;;;/q;;;6*-1;;;;;;;3*+4/p-6. The van der Waals surface area contributed by atoms with Crippen LogP contribution in [0.25, 0.3) is 0 Å². The third kappa shape index (κ3) is 20.3. The summed E-state index contributed by atoms with van der Waals surface area (Å²) in [6.07, 6.45) is 49.7. The third-order valence-corrected chi connectivity index (χ3v) is 49.2. The van der Waals surface area contributed by atoms with E-state index in [9.17, 15) is 4.39 Å². The van der Waals surface area contributed by atoms with Gasteiger partial charge in [-0.05, 0) is 256 Å². The fourth-order valence-electron chi connectivity index (χ4n) is 30.2.